The van der Waals surface area contributed by atoms with E-state index in [-0.39, 0.29) is 24.0 Å². The molecule has 160 valence electrons. The first-order valence-electron chi connectivity index (χ1n) is 10.3. The predicted molar refractivity (Wildman–Crippen MR) is 110 cm³/mol. The fourth-order valence-corrected chi connectivity index (χ4v) is 4.31. The van der Waals surface area contributed by atoms with Crippen LogP contribution in [-0.2, 0) is 14.3 Å². The van der Waals surface area contributed by atoms with Gasteiger partial charge < -0.3 is 24.2 Å². The van der Waals surface area contributed by atoms with E-state index in [0.717, 1.165) is 12.8 Å². The first-order chi connectivity index (χ1) is 15.1. The van der Waals surface area contributed by atoms with E-state index in [4.69, 9.17) is 14.2 Å². The highest BCUT2D eigenvalue weighted by Crippen LogP contribution is 2.41. The van der Waals surface area contributed by atoms with Crippen molar-refractivity contribution in [2.45, 2.75) is 25.0 Å². The molecule has 0 aliphatic carbocycles. The van der Waals surface area contributed by atoms with Crippen LogP contribution in [0.1, 0.15) is 30.0 Å². The van der Waals surface area contributed by atoms with Gasteiger partial charge in [0.2, 0.25) is 0 Å². The van der Waals surface area contributed by atoms with Gasteiger partial charge >= 0.3 is 0 Å². The Labute approximate surface area is 179 Å². The molecule has 1 aromatic carbocycles. The lowest BCUT2D eigenvalue weighted by Gasteiger charge is -2.27. The van der Waals surface area contributed by atoms with Gasteiger partial charge in [-0.15, -0.1) is 0 Å². The summed E-state index contributed by atoms with van der Waals surface area (Å²) in [5, 5.41) is 11.2. The normalized spacial score (nSPS) is 24.6. The zero-order valence-electron chi connectivity index (χ0n) is 16.8. The van der Waals surface area contributed by atoms with Crippen LogP contribution >= 0.6 is 0 Å². The Bertz CT molecular complexity index is 1050. The van der Waals surface area contributed by atoms with Gasteiger partial charge in [-0.25, -0.2) is 0 Å². The zero-order valence-corrected chi connectivity index (χ0v) is 16.8. The minimum atomic E-state index is -0.722. The fraction of sp³-hybridized carbons (Fsp3) is 0.348. The molecule has 0 bridgehead atoms. The number of aliphatic hydroxyl groups is 1. The maximum absolute atomic E-state index is 13.1. The molecule has 8 heteroatoms. The van der Waals surface area contributed by atoms with Crippen LogP contribution < -0.4 is 9.47 Å². The van der Waals surface area contributed by atoms with Gasteiger partial charge in [0.25, 0.3) is 11.7 Å². The minimum Gasteiger partial charge on any atom is -0.507 e. The topological polar surface area (TPSA) is 98.2 Å². The lowest BCUT2D eigenvalue weighted by atomic mass is 9.95. The third-order valence-corrected chi connectivity index (χ3v) is 5.80. The molecule has 3 aliphatic rings. The second-order valence-corrected chi connectivity index (χ2v) is 7.73. The number of hydrogen-bond acceptors (Lipinski definition) is 7. The highest BCUT2D eigenvalue weighted by atomic mass is 16.6. The minimum absolute atomic E-state index is 0.0471. The van der Waals surface area contributed by atoms with E-state index >= 15 is 0 Å². The van der Waals surface area contributed by atoms with E-state index < -0.39 is 17.7 Å². The Balaban J connectivity index is 1.59. The number of nitrogens with zero attached hydrogens (tertiary/aromatic N) is 2. The monoisotopic (exact) mass is 422 g/mol. The van der Waals surface area contributed by atoms with E-state index in [1.54, 1.807) is 42.7 Å². The number of carbonyl (C=O) groups excluding carboxylic acids is 2. The molecule has 2 fully saturated rings. The summed E-state index contributed by atoms with van der Waals surface area (Å²) in [6, 6.07) is 7.74. The number of hydrogen-bond donors (Lipinski definition) is 1. The molecule has 2 unspecified atom stereocenters. The van der Waals surface area contributed by atoms with Crippen LogP contribution in [-0.4, -0.2) is 59.2 Å². The number of benzene rings is 1. The highest BCUT2D eigenvalue weighted by molar-refractivity contribution is 6.46. The van der Waals surface area contributed by atoms with Crippen LogP contribution in [0.4, 0.5) is 0 Å². The van der Waals surface area contributed by atoms with Gasteiger partial charge in [0, 0.05) is 31.1 Å². The number of rotatable bonds is 4. The van der Waals surface area contributed by atoms with Crippen molar-refractivity contribution in [1.82, 2.24) is 9.88 Å². The first kappa shape index (κ1) is 19.6. The molecule has 8 nitrogen and oxygen atoms in total. The van der Waals surface area contributed by atoms with E-state index in [0.29, 0.717) is 42.4 Å². The molecule has 0 radical (unpaired) electrons. The molecule has 2 atom stereocenters. The van der Waals surface area contributed by atoms with Crippen molar-refractivity contribution < 1.29 is 28.9 Å². The Morgan fingerprint density at radius 2 is 1.84 bits per heavy atom. The first-order valence-corrected chi connectivity index (χ1v) is 10.3. The fourth-order valence-electron chi connectivity index (χ4n) is 4.31. The van der Waals surface area contributed by atoms with Crippen molar-refractivity contribution in [1.29, 1.82) is 0 Å². The maximum Gasteiger partial charge on any atom is 0.295 e. The van der Waals surface area contributed by atoms with Crippen LogP contribution in [0.2, 0.25) is 0 Å². The largest absolute Gasteiger partial charge is 0.507 e. The summed E-state index contributed by atoms with van der Waals surface area (Å²) >= 11 is 0. The molecular formula is C23H22N2O6. The van der Waals surface area contributed by atoms with Gasteiger partial charge in [-0.05, 0) is 48.7 Å². The van der Waals surface area contributed by atoms with Crippen LogP contribution in [0.3, 0.4) is 0 Å². The number of amides is 1. The van der Waals surface area contributed by atoms with Crippen molar-refractivity contribution in [3.63, 3.8) is 0 Å². The molecular weight excluding hydrogens is 400 g/mol. The van der Waals surface area contributed by atoms with E-state index in [9.17, 15) is 14.7 Å². The number of aromatic nitrogens is 1. The number of carbonyl (C=O) groups is 2. The Morgan fingerprint density at radius 1 is 1.06 bits per heavy atom. The Morgan fingerprint density at radius 3 is 2.58 bits per heavy atom. The Hall–Kier alpha value is -3.39. The summed E-state index contributed by atoms with van der Waals surface area (Å²) in [7, 11) is 0. The van der Waals surface area contributed by atoms with Gasteiger partial charge in [0.05, 0.1) is 17.7 Å². The molecule has 1 N–H and O–H groups in total. The zero-order chi connectivity index (χ0) is 21.4. The number of pyridine rings is 1. The van der Waals surface area contributed by atoms with Crippen molar-refractivity contribution in [2.24, 2.45) is 0 Å². The smallest absolute Gasteiger partial charge is 0.295 e. The summed E-state index contributed by atoms with van der Waals surface area (Å²) in [6.45, 7) is 1.79. The van der Waals surface area contributed by atoms with Crippen molar-refractivity contribution in [3.8, 4) is 11.5 Å². The van der Waals surface area contributed by atoms with E-state index in [2.05, 4.69) is 4.98 Å². The molecule has 1 aromatic heterocycles. The van der Waals surface area contributed by atoms with Crippen molar-refractivity contribution in [3.05, 3.63) is 59.4 Å². The molecule has 0 spiro atoms. The number of fused-ring (bicyclic) bond motifs is 1. The van der Waals surface area contributed by atoms with Gasteiger partial charge in [0.1, 0.15) is 19.0 Å². The number of ketones is 1. The average molecular weight is 422 g/mol. The van der Waals surface area contributed by atoms with Crippen LogP contribution in [0.15, 0.2) is 48.3 Å². The quantitative estimate of drug-likeness (QED) is 0.459. The maximum atomic E-state index is 13.1. The summed E-state index contributed by atoms with van der Waals surface area (Å²) in [4.78, 5) is 31.6. The predicted octanol–water partition coefficient (Wildman–Crippen LogP) is 2.45. The summed E-state index contributed by atoms with van der Waals surface area (Å²) in [6.07, 6.45) is 4.83. The Kier molecular flexibility index (Phi) is 5.07. The molecule has 0 saturated carbocycles. The van der Waals surface area contributed by atoms with E-state index in [1.165, 1.54) is 4.90 Å². The summed E-state index contributed by atoms with van der Waals surface area (Å²) in [5.74, 6) is -0.535. The number of aliphatic hydroxyl groups excluding tert-OH is 1. The van der Waals surface area contributed by atoms with Gasteiger partial charge in [-0.1, -0.05) is 0 Å². The second kappa shape index (κ2) is 8.03. The lowest BCUT2D eigenvalue weighted by molar-refractivity contribution is -0.140. The number of likely N-dealkylation sites (tertiary alicyclic amines) is 1. The molecule has 5 rings (SSSR count). The van der Waals surface area contributed by atoms with Crippen LogP contribution in [0.5, 0.6) is 11.5 Å². The second-order valence-electron chi connectivity index (χ2n) is 7.73. The molecule has 2 aromatic rings. The number of ether oxygens (including phenoxy) is 3. The van der Waals surface area contributed by atoms with Gasteiger partial charge in [-0.3, -0.25) is 14.6 Å². The SMILES string of the molecule is O=C1C(=O)N(CC2CCCO2)C(c2ccncc2)/C1=C(/O)c1ccc2c(c1)OCCO2. The molecule has 3 aliphatic heterocycles. The van der Waals surface area contributed by atoms with Crippen molar-refractivity contribution in [2.75, 3.05) is 26.4 Å². The van der Waals surface area contributed by atoms with Crippen LogP contribution in [0.25, 0.3) is 5.76 Å². The number of Topliss-reactive ketones (excluding diaryl/α,β-unsaturated/α-hetero) is 1. The van der Waals surface area contributed by atoms with Gasteiger partial charge in [0.15, 0.2) is 11.5 Å². The standard InChI is InChI=1S/C23H22N2O6/c26-21(15-3-4-17-18(12-15)31-11-10-30-17)19-20(14-5-7-24-8-6-14)25(23(28)22(19)27)13-16-2-1-9-29-16/h3-8,12,16,20,26H,1-2,9-11,13H2/b21-19-. The van der Waals surface area contributed by atoms with Crippen molar-refractivity contribution >= 4 is 17.4 Å². The molecule has 1 amide bonds. The van der Waals surface area contributed by atoms with Crippen LogP contribution in [0, 0.1) is 0 Å². The lowest BCUT2D eigenvalue weighted by Crippen LogP contribution is -2.36. The third kappa shape index (κ3) is 3.53. The molecule has 2 saturated heterocycles. The summed E-state index contributed by atoms with van der Waals surface area (Å²) in [5.41, 5.74) is 1.13. The highest BCUT2D eigenvalue weighted by Gasteiger charge is 2.47. The molecule has 4 heterocycles. The van der Waals surface area contributed by atoms with Gasteiger partial charge in [-0.2, -0.15) is 0 Å². The summed E-state index contributed by atoms with van der Waals surface area (Å²) < 4.78 is 16.8. The third-order valence-electron chi connectivity index (χ3n) is 5.80. The average Bonchev–Trinajstić information content (AvgIpc) is 3.41. The molecule has 31 heavy (non-hydrogen) atoms. The van der Waals surface area contributed by atoms with E-state index in [1.807, 2.05) is 0 Å².